The standard InChI is InChI=1S/C64H76Cl2N4O18/c1-9-85-61(75)55-49(39-83-35-33-81-31-29-67(5)37-43-21-13-11-14-22-43)69(41(3)51(59(73)79-7)53(55)45-25-17-19-27-47(45)65)87-63(77)57(71)58(72)64(78)88-70-42(4)52(60(74)80-8)54(46-26-18-20-28-48(46)66)56(62(76)86-10-2)50(70)40-84-36-34-82-32-30-68(6)38-44-23-15-12-16-24-44/h11-28,53-54,63-64,77-78H,9-10,29-40H2,1-8H3. The number of rotatable bonds is 35. The van der Waals surface area contributed by atoms with Crippen LogP contribution >= 0.6 is 23.2 Å². The van der Waals surface area contributed by atoms with Gasteiger partial charge in [-0.05, 0) is 76.2 Å². The fraction of sp³-hybridized carbons (Fsp3) is 0.406. The number of allylic oxidation sites excluding steroid dienone is 2. The van der Waals surface area contributed by atoms with Gasteiger partial charge in [0.25, 0.3) is 11.6 Å². The minimum absolute atomic E-state index is 0.0650. The molecule has 0 aliphatic carbocycles. The quantitative estimate of drug-likeness (QED) is 0.0155. The average Bonchev–Trinajstić information content (AvgIpc) is 0.817. The number of ether oxygens (including phenoxy) is 8. The first-order valence-electron chi connectivity index (χ1n) is 28.4. The minimum Gasteiger partial charge on any atom is -0.466 e. The third-order valence-electron chi connectivity index (χ3n) is 14.0. The van der Waals surface area contributed by atoms with E-state index in [-0.39, 0.29) is 106 Å². The number of carbonyl (C=O) groups is 6. The van der Waals surface area contributed by atoms with Crippen LogP contribution < -0.4 is 0 Å². The summed E-state index contributed by atoms with van der Waals surface area (Å²) in [4.78, 5) is 101. The topological polar surface area (TPSA) is 248 Å². The van der Waals surface area contributed by atoms with E-state index in [0.29, 0.717) is 39.4 Å². The predicted molar refractivity (Wildman–Crippen MR) is 322 cm³/mol. The number of nitrogens with zero attached hydrogens (tertiary/aromatic N) is 4. The van der Waals surface area contributed by atoms with E-state index in [1.165, 1.54) is 13.8 Å². The van der Waals surface area contributed by atoms with Crippen molar-refractivity contribution in [1.29, 1.82) is 0 Å². The van der Waals surface area contributed by atoms with E-state index in [4.69, 9.17) is 70.8 Å². The van der Waals surface area contributed by atoms with E-state index in [0.717, 1.165) is 35.5 Å². The second kappa shape index (κ2) is 35.1. The van der Waals surface area contributed by atoms with Gasteiger partial charge in [-0.25, -0.2) is 39.0 Å². The number of halogens is 2. The summed E-state index contributed by atoms with van der Waals surface area (Å²) in [6, 6.07) is 32.6. The molecule has 2 aliphatic rings. The summed E-state index contributed by atoms with van der Waals surface area (Å²) < 4.78 is 45.5. The second-order valence-electron chi connectivity index (χ2n) is 20.1. The predicted octanol–water partition coefficient (Wildman–Crippen LogP) is 6.99. The lowest BCUT2D eigenvalue weighted by molar-refractivity contribution is -0.242. The van der Waals surface area contributed by atoms with Gasteiger partial charge in [-0.2, -0.15) is 0 Å². The molecule has 24 heteroatoms. The first kappa shape index (κ1) is 69.9. The van der Waals surface area contributed by atoms with Crippen molar-refractivity contribution in [3.63, 3.8) is 0 Å². The smallest absolute Gasteiger partial charge is 0.336 e. The van der Waals surface area contributed by atoms with Crippen LogP contribution in [0.25, 0.3) is 0 Å². The third-order valence-corrected chi connectivity index (χ3v) is 14.7. The van der Waals surface area contributed by atoms with E-state index < -0.39 is 73.1 Å². The molecule has 0 bridgehead atoms. The zero-order valence-electron chi connectivity index (χ0n) is 50.6. The third kappa shape index (κ3) is 18.5. The van der Waals surface area contributed by atoms with Gasteiger partial charge in [0.05, 0.1) is 137 Å². The van der Waals surface area contributed by atoms with Crippen LogP contribution in [0.3, 0.4) is 0 Å². The van der Waals surface area contributed by atoms with Gasteiger partial charge in [-0.3, -0.25) is 19.4 Å². The van der Waals surface area contributed by atoms with Crippen LogP contribution in [0, 0.1) is 0 Å². The van der Waals surface area contributed by atoms with Gasteiger partial charge >= 0.3 is 23.9 Å². The molecule has 4 aromatic rings. The lowest BCUT2D eigenvalue weighted by atomic mass is 9.80. The average molecular weight is 1260 g/mol. The molecule has 2 heterocycles. The maximum atomic E-state index is 14.4. The van der Waals surface area contributed by atoms with Crippen LogP contribution in [-0.4, -0.2) is 186 Å². The molecule has 0 fully saturated rings. The van der Waals surface area contributed by atoms with E-state index >= 15 is 0 Å². The molecular formula is C64H76Cl2N4O18. The molecule has 22 nitrogen and oxygen atoms in total. The molecule has 2 aliphatic heterocycles. The Bertz CT molecular complexity index is 2970. The van der Waals surface area contributed by atoms with Crippen molar-refractivity contribution in [3.8, 4) is 0 Å². The highest BCUT2D eigenvalue weighted by Crippen LogP contribution is 2.47. The summed E-state index contributed by atoms with van der Waals surface area (Å²) in [6.45, 7) is 7.72. The number of benzene rings is 4. The van der Waals surface area contributed by atoms with Crippen molar-refractivity contribution >= 4 is 58.6 Å². The molecule has 0 spiro atoms. The van der Waals surface area contributed by atoms with Crippen molar-refractivity contribution in [3.05, 3.63) is 187 Å². The minimum atomic E-state index is -2.83. The maximum absolute atomic E-state index is 14.4. The van der Waals surface area contributed by atoms with E-state index in [9.17, 15) is 39.0 Å². The van der Waals surface area contributed by atoms with Crippen LogP contribution in [0.1, 0.15) is 61.8 Å². The lowest BCUT2D eigenvalue weighted by Gasteiger charge is -2.39. The number of hydrogen-bond acceptors (Lipinski definition) is 22. The highest BCUT2D eigenvalue weighted by atomic mass is 35.5. The van der Waals surface area contributed by atoms with Gasteiger partial charge in [0.1, 0.15) is 0 Å². The highest BCUT2D eigenvalue weighted by molar-refractivity contribution is 6.39. The van der Waals surface area contributed by atoms with Gasteiger partial charge in [-0.15, -0.1) is 0 Å². The summed E-state index contributed by atoms with van der Waals surface area (Å²) in [5, 5.41) is 25.2. The Kier molecular flexibility index (Phi) is 27.9. The zero-order valence-corrected chi connectivity index (χ0v) is 52.1. The highest BCUT2D eigenvalue weighted by Gasteiger charge is 2.47. The van der Waals surface area contributed by atoms with Gasteiger partial charge in [0.15, 0.2) is 0 Å². The number of aliphatic hydroxyl groups excluding tert-OH is 2. The number of hydroxylamine groups is 4. The van der Waals surface area contributed by atoms with E-state index in [2.05, 4.69) is 9.80 Å². The summed E-state index contributed by atoms with van der Waals surface area (Å²) in [7, 11) is 6.10. The monoisotopic (exact) mass is 1260 g/mol. The molecule has 6 rings (SSSR count). The van der Waals surface area contributed by atoms with Crippen molar-refractivity contribution in [2.24, 2.45) is 0 Å². The summed E-state index contributed by atoms with van der Waals surface area (Å²) in [5.74, 6) is -10.2. The molecule has 0 radical (unpaired) electrons. The van der Waals surface area contributed by atoms with Gasteiger partial charge in [0, 0.05) is 36.2 Å². The number of Topliss-reactive ketones (excluding diaryl/α,β-unsaturated/α-hetero) is 2. The molecule has 0 saturated carbocycles. The molecule has 0 amide bonds. The number of carbonyl (C=O) groups excluding carboxylic acids is 6. The number of ketones is 2. The number of likely N-dealkylation sites (N-methyl/N-ethyl adjacent to an activating group) is 2. The number of hydrogen-bond donors (Lipinski definition) is 2. The van der Waals surface area contributed by atoms with Crippen molar-refractivity contribution in [2.45, 2.75) is 65.2 Å². The Balaban J connectivity index is 1.30. The Labute approximate surface area is 522 Å². The van der Waals surface area contributed by atoms with Crippen LogP contribution in [-0.2, 0) is 89.4 Å². The van der Waals surface area contributed by atoms with Gasteiger partial charge < -0.3 is 48.1 Å². The largest absolute Gasteiger partial charge is 0.466 e. The van der Waals surface area contributed by atoms with Crippen LogP contribution in [0.5, 0.6) is 0 Å². The van der Waals surface area contributed by atoms with Crippen LogP contribution in [0.2, 0.25) is 10.0 Å². The lowest BCUT2D eigenvalue weighted by Crippen LogP contribution is -2.46. The fourth-order valence-corrected chi connectivity index (χ4v) is 10.3. The maximum Gasteiger partial charge on any atom is 0.336 e. The van der Waals surface area contributed by atoms with Crippen molar-refractivity contribution < 1.29 is 86.6 Å². The SMILES string of the molecule is CCOC(=O)C1=C(COCCOCCN(C)Cc2ccccc2)N(OC(O)C(=O)C(=O)C(O)ON2C(C)=C(C(=O)OC)C(c3ccccc3Cl)C(C(=O)OCC)=C2COCCOCCN(C)Cc2ccccc2)C(C)=C(C(=O)OC)C1c1ccccc1Cl. The number of methoxy groups -OCH3 is 2. The molecule has 2 N–H and O–H groups in total. The molecular weight excluding hydrogens is 1180 g/mol. The Morgan fingerprint density at radius 3 is 1.17 bits per heavy atom. The zero-order chi connectivity index (χ0) is 63.9. The molecule has 474 valence electrons. The molecule has 0 saturated heterocycles. The molecule has 4 aromatic carbocycles. The molecule has 4 atom stereocenters. The van der Waals surface area contributed by atoms with E-state index in [1.54, 1.807) is 62.4 Å². The van der Waals surface area contributed by atoms with E-state index in [1.807, 2.05) is 74.8 Å². The van der Waals surface area contributed by atoms with Gasteiger partial charge in [-0.1, -0.05) is 120 Å². The first-order valence-corrected chi connectivity index (χ1v) is 29.1. The van der Waals surface area contributed by atoms with Crippen molar-refractivity contribution in [1.82, 2.24) is 19.9 Å². The number of esters is 4. The fourth-order valence-electron chi connectivity index (χ4n) is 9.83. The Morgan fingerprint density at radius 2 is 0.830 bits per heavy atom. The normalized spacial score (nSPS) is 16.1. The molecule has 0 aromatic heterocycles. The summed E-state index contributed by atoms with van der Waals surface area (Å²) >= 11 is 13.6. The van der Waals surface area contributed by atoms with Crippen LogP contribution in [0.4, 0.5) is 0 Å². The van der Waals surface area contributed by atoms with Crippen LogP contribution in [0.15, 0.2) is 154 Å². The Hall–Kier alpha value is -7.16. The summed E-state index contributed by atoms with van der Waals surface area (Å²) in [5.41, 5.74) is 0.998. The summed E-state index contributed by atoms with van der Waals surface area (Å²) in [6.07, 6.45) is -5.66. The second-order valence-corrected chi connectivity index (χ2v) is 20.9. The van der Waals surface area contributed by atoms with Crippen molar-refractivity contribution in [2.75, 3.05) is 107 Å². The first-order chi connectivity index (χ1) is 42.4. The number of aliphatic hydroxyl groups is 2. The van der Waals surface area contributed by atoms with Gasteiger partial charge in [0.2, 0.25) is 12.6 Å². The molecule has 88 heavy (non-hydrogen) atoms. The molecule has 4 unspecified atom stereocenters. The Morgan fingerprint density at radius 1 is 0.489 bits per heavy atom.